The van der Waals surface area contributed by atoms with Gasteiger partial charge in [0.05, 0.1) is 5.56 Å². The summed E-state index contributed by atoms with van der Waals surface area (Å²) in [4.78, 5) is 11.1. The van der Waals surface area contributed by atoms with Gasteiger partial charge in [0.1, 0.15) is 18.1 Å². The first-order valence-corrected chi connectivity index (χ1v) is 6.24. The molecule has 2 N–H and O–H groups in total. The Bertz CT molecular complexity index is 669. The lowest BCUT2D eigenvalue weighted by atomic mass is 9.77. The fourth-order valence-electron chi connectivity index (χ4n) is 1.78. The van der Waals surface area contributed by atoms with Crippen LogP contribution in [0.5, 0.6) is 5.75 Å². The number of aromatic nitrogens is 1. The second-order valence-corrected chi connectivity index (χ2v) is 4.61. The van der Waals surface area contributed by atoms with Crippen molar-refractivity contribution in [3.05, 3.63) is 41.3 Å². The van der Waals surface area contributed by atoms with E-state index in [9.17, 15) is 13.6 Å². The van der Waals surface area contributed by atoms with E-state index in [-0.39, 0.29) is 29.1 Å². The summed E-state index contributed by atoms with van der Waals surface area (Å²) in [5.74, 6) is -3.67. The summed E-state index contributed by atoms with van der Waals surface area (Å²) in [6.07, 6.45) is 0.415. The maximum absolute atomic E-state index is 13.0. The Morgan fingerprint density at radius 1 is 1.45 bits per heavy atom. The van der Waals surface area contributed by atoms with E-state index in [1.807, 2.05) is 0 Å². The third kappa shape index (κ3) is 3.49. The van der Waals surface area contributed by atoms with Crippen molar-refractivity contribution in [1.82, 2.24) is 5.16 Å². The van der Waals surface area contributed by atoms with Crippen LogP contribution in [0.25, 0.3) is 0 Å². The highest BCUT2D eigenvalue weighted by molar-refractivity contribution is 6.60. The van der Waals surface area contributed by atoms with Crippen LogP contribution in [0.2, 0.25) is 0 Å². The number of alkyl halides is 2. The third-order valence-electron chi connectivity index (χ3n) is 2.86. The molecule has 1 aromatic heterocycles. The molecule has 9 heteroatoms. The van der Waals surface area contributed by atoms with Gasteiger partial charge in [-0.2, -0.15) is 8.78 Å². The van der Waals surface area contributed by atoms with Crippen LogP contribution in [-0.4, -0.2) is 28.6 Å². The Balaban J connectivity index is 2.17. The highest BCUT2D eigenvalue weighted by Gasteiger charge is 2.30. The zero-order valence-corrected chi connectivity index (χ0v) is 11.5. The highest BCUT2D eigenvalue weighted by Crippen LogP contribution is 2.27. The molecule has 0 aliphatic heterocycles. The van der Waals surface area contributed by atoms with Gasteiger partial charge in [-0.25, -0.2) is 0 Å². The number of benzene rings is 1. The SMILES string of the molecule is CC(F)(F)c1cc(COc2cccc(B(O)O)c2C=O)no1. The summed E-state index contributed by atoms with van der Waals surface area (Å²) in [6, 6.07) is 5.30. The molecule has 0 unspecified atom stereocenters. The van der Waals surface area contributed by atoms with Crippen molar-refractivity contribution in [1.29, 1.82) is 0 Å². The van der Waals surface area contributed by atoms with E-state index in [2.05, 4.69) is 9.68 Å². The molecule has 0 fully saturated rings. The number of carbonyl (C=O) groups excluding carboxylic acids is 1. The minimum atomic E-state index is -3.15. The second-order valence-electron chi connectivity index (χ2n) is 4.61. The van der Waals surface area contributed by atoms with Gasteiger partial charge in [0, 0.05) is 13.0 Å². The number of hydrogen-bond donors (Lipinski definition) is 2. The van der Waals surface area contributed by atoms with Crippen LogP contribution < -0.4 is 10.2 Å². The fraction of sp³-hybridized carbons (Fsp3) is 0.231. The Hall–Kier alpha value is -2.26. The van der Waals surface area contributed by atoms with E-state index < -0.39 is 18.8 Å². The van der Waals surface area contributed by atoms with Gasteiger partial charge in [0.25, 0.3) is 0 Å². The zero-order valence-electron chi connectivity index (χ0n) is 11.5. The average molecular weight is 311 g/mol. The summed E-state index contributed by atoms with van der Waals surface area (Å²) >= 11 is 0. The number of hydrogen-bond acceptors (Lipinski definition) is 6. The summed E-state index contributed by atoms with van der Waals surface area (Å²) in [5, 5.41) is 21.8. The van der Waals surface area contributed by atoms with E-state index in [1.165, 1.54) is 18.2 Å². The first-order chi connectivity index (χ1) is 10.3. The highest BCUT2D eigenvalue weighted by atomic mass is 19.3. The van der Waals surface area contributed by atoms with Gasteiger partial charge < -0.3 is 19.3 Å². The second kappa shape index (κ2) is 6.24. The molecule has 2 aromatic rings. The molecule has 116 valence electrons. The summed E-state index contributed by atoms with van der Waals surface area (Å²) in [6.45, 7) is 0.458. The molecule has 0 aliphatic rings. The molecule has 1 heterocycles. The lowest BCUT2D eigenvalue weighted by Gasteiger charge is -2.10. The monoisotopic (exact) mass is 311 g/mol. The lowest BCUT2D eigenvalue weighted by molar-refractivity contribution is -0.0106. The van der Waals surface area contributed by atoms with Gasteiger partial charge in [-0.1, -0.05) is 17.3 Å². The van der Waals surface area contributed by atoms with Gasteiger partial charge in [-0.15, -0.1) is 0 Å². The van der Waals surface area contributed by atoms with E-state index in [0.717, 1.165) is 6.07 Å². The van der Waals surface area contributed by atoms with Crippen LogP contribution in [0.15, 0.2) is 28.8 Å². The predicted molar refractivity (Wildman–Crippen MR) is 72.1 cm³/mol. The average Bonchev–Trinajstić information content (AvgIpc) is 2.93. The third-order valence-corrected chi connectivity index (χ3v) is 2.86. The van der Waals surface area contributed by atoms with E-state index in [4.69, 9.17) is 14.8 Å². The van der Waals surface area contributed by atoms with Crippen molar-refractivity contribution in [2.45, 2.75) is 19.5 Å². The van der Waals surface area contributed by atoms with Crippen LogP contribution in [0.4, 0.5) is 8.78 Å². The van der Waals surface area contributed by atoms with E-state index in [0.29, 0.717) is 13.2 Å². The molecule has 6 nitrogen and oxygen atoms in total. The summed E-state index contributed by atoms with van der Waals surface area (Å²) in [7, 11) is -1.83. The molecule has 0 spiro atoms. The predicted octanol–water partition coefficient (Wildman–Crippen LogP) is 0.858. The molecule has 0 bridgehead atoms. The van der Waals surface area contributed by atoms with E-state index in [1.54, 1.807) is 0 Å². The standard InChI is InChI=1S/C13H12BF2NO5/c1-13(15,16)12-5-8(17-22-12)7-21-11-4-2-3-10(14(19)20)9(11)6-18/h2-6,19-20H,7H2,1H3. The van der Waals surface area contributed by atoms with Gasteiger partial charge >= 0.3 is 13.0 Å². The normalized spacial score (nSPS) is 11.3. The molecule has 0 saturated heterocycles. The van der Waals surface area contributed by atoms with Crippen LogP contribution in [-0.2, 0) is 12.5 Å². The van der Waals surface area contributed by atoms with E-state index >= 15 is 0 Å². The number of nitrogens with zero attached hydrogens (tertiary/aromatic N) is 1. The molecule has 0 amide bonds. The van der Waals surface area contributed by atoms with Crippen molar-refractivity contribution in [3.8, 4) is 5.75 Å². The van der Waals surface area contributed by atoms with Crippen LogP contribution >= 0.6 is 0 Å². The Kier molecular flexibility index (Phi) is 4.58. The number of carbonyl (C=O) groups is 1. The van der Waals surface area contributed by atoms with Gasteiger partial charge in [0.2, 0.25) is 5.76 Å². The molecule has 0 saturated carbocycles. The molecule has 0 radical (unpaired) electrons. The molecule has 22 heavy (non-hydrogen) atoms. The molecule has 0 aliphatic carbocycles. The summed E-state index contributed by atoms with van der Waals surface area (Å²) in [5.41, 5.74) is 0.0544. The smallest absolute Gasteiger partial charge is 0.486 e. The lowest BCUT2D eigenvalue weighted by Crippen LogP contribution is -2.33. The van der Waals surface area contributed by atoms with Crippen molar-refractivity contribution < 1.29 is 32.9 Å². The largest absolute Gasteiger partial charge is 0.489 e. The first-order valence-electron chi connectivity index (χ1n) is 6.24. The number of rotatable bonds is 6. The molecular weight excluding hydrogens is 299 g/mol. The maximum Gasteiger partial charge on any atom is 0.489 e. The van der Waals surface area contributed by atoms with Crippen molar-refractivity contribution in [2.24, 2.45) is 0 Å². The number of aldehydes is 1. The number of ether oxygens (including phenoxy) is 1. The van der Waals surface area contributed by atoms with Gasteiger partial charge in [0.15, 0.2) is 6.29 Å². The van der Waals surface area contributed by atoms with Crippen LogP contribution in [0.3, 0.4) is 0 Å². The molecule has 0 atom stereocenters. The topological polar surface area (TPSA) is 92.8 Å². The van der Waals surface area contributed by atoms with Crippen molar-refractivity contribution in [2.75, 3.05) is 0 Å². The zero-order chi connectivity index (χ0) is 16.3. The molecule has 1 aromatic carbocycles. The van der Waals surface area contributed by atoms with Gasteiger partial charge in [-0.3, -0.25) is 4.79 Å². The summed E-state index contributed by atoms with van der Waals surface area (Å²) < 4.78 is 35.8. The minimum absolute atomic E-state index is 0.0200. The van der Waals surface area contributed by atoms with Crippen LogP contribution in [0, 0.1) is 0 Å². The van der Waals surface area contributed by atoms with Gasteiger partial charge in [-0.05, 0) is 11.5 Å². The van der Waals surface area contributed by atoms with Crippen LogP contribution in [0.1, 0.15) is 28.7 Å². The first kappa shape index (κ1) is 16.1. The molecule has 2 rings (SSSR count). The maximum atomic E-state index is 13.0. The van der Waals surface area contributed by atoms with Crippen molar-refractivity contribution >= 4 is 18.9 Å². The Morgan fingerprint density at radius 2 is 2.18 bits per heavy atom. The number of halogens is 2. The Labute approximate surface area is 124 Å². The molecular formula is C13H12BF2NO5. The van der Waals surface area contributed by atoms with Crippen molar-refractivity contribution in [3.63, 3.8) is 0 Å². The minimum Gasteiger partial charge on any atom is -0.486 e. The fourth-order valence-corrected chi connectivity index (χ4v) is 1.78. The Morgan fingerprint density at radius 3 is 2.73 bits per heavy atom. The quantitative estimate of drug-likeness (QED) is 0.607.